The van der Waals surface area contributed by atoms with Gasteiger partial charge in [0.15, 0.2) is 5.69 Å². The molecule has 8 heteroatoms. The summed E-state index contributed by atoms with van der Waals surface area (Å²) in [6.45, 7) is 9.24. The zero-order valence-corrected chi connectivity index (χ0v) is 21.2. The normalized spacial score (nSPS) is 18.5. The first-order valence-electron chi connectivity index (χ1n) is 12.6. The maximum Gasteiger partial charge on any atom is 0.304 e. The lowest BCUT2D eigenvalue weighted by Crippen LogP contribution is -2.34. The van der Waals surface area contributed by atoms with Gasteiger partial charge in [0.2, 0.25) is 5.82 Å². The third-order valence-corrected chi connectivity index (χ3v) is 7.79. The Hall–Kier alpha value is -3.00. The molecule has 1 aliphatic heterocycles. The summed E-state index contributed by atoms with van der Waals surface area (Å²) in [7, 11) is 2.00. The molecule has 1 aliphatic carbocycles. The lowest BCUT2D eigenvalue weighted by Gasteiger charge is -2.32. The van der Waals surface area contributed by atoms with Gasteiger partial charge in [-0.05, 0) is 74.6 Å². The van der Waals surface area contributed by atoms with E-state index in [0.29, 0.717) is 24.2 Å². The Labute approximate surface area is 206 Å². The van der Waals surface area contributed by atoms with E-state index in [2.05, 4.69) is 49.0 Å². The molecule has 0 amide bonds. The van der Waals surface area contributed by atoms with E-state index in [-0.39, 0.29) is 11.8 Å². The molecule has 1 N–H and O–H groups in total. The summed E-state index contributed by atoms with van der Waals surface area (Å²) in [5, 5.41) is 18.0. The smallest absolute Gasteiger partial charge is 0.304 e. The molecule has 0 radical (unpaired) electrons. The van der Waals surface area contributed by atoms with Crippen LogP contribution in [0, 0.1) is 12.3 Å². The van der Waals surface area contributed by atoms with Gasteiger partial charge in [0.1, 0.15) is 0 Å². The maximum atomic E-state index is 10.8. The molecule has 0 atom stereocenters. The third-order valence-electron chi connectivity index (χ3n) is 7.79. The van der Waals surface area contributed by atoms with Crippen molar-refractivity contribution in [1.82, 2.24) is 24.8 Å². The minimum absolute atomic E-state index is 0.213. The fourth-order valence-corrected chi connectivity index (χ4v) is 5.63. The monoisotopic (exact) mass is 477 g/mol. The van der Waals surface area contributed by atoms with Crippen molar-refractivity contribution in [3.8, 4) is 23.0 Å². The number of carboxylic acid groups (broad SMARTS) is 1. The van der Waals surface area contributed by atoms with Crippen LogP contribution in [0.5, 0.6) is 0 Å². The molecule has 3 heterocycles. The number of carbonyl (C=O) groups is 1. The van der Waals surface area contributed by atoms with Crippen molar-refractivity contribution in [2.75, 3.05) is 19.6 Å². The Morgan fingerprint density at radius 1 is 1.26 bits per heavy atom. The number of hydrogen-bond acceptors (Lipinski definition) is 6. The topological polar surface area (TPSA) is 97.3 Å². The molecule has 5 rings (SSSR count). The van der Waals surface area contributed by atoms with Crippen LogP contribution in [0.25, 0.3) is 23.0 Å². The largest absolute Gasteiger partial charge is 0.481 e. The molecule has 1 fully saturated rings. The standard InChI is InChI=1S/C27H35N5O3/c1-17-15-19(18-8-12-32(13-9-18)14-10-23(33)34)5-6-20(17)25-28-26(35-30-25)24-21-7-11-27(2,3)16-22(21)31(4)29-24/h5-6,15,18H,7-14,16H2,1-4H3,(H,33,34). The summed E-state index contributed by atoms with van der Waals surface area (Å²) >= 11 is 0. The number of aryl methyl sites for hydroxylation is 2. The van der Waals surface area contributed by atoms with E-state index in [0.717, 1.165) is 62.0 Å². The van der Waals surface area contributed by atoms with Gasteiger partial charge in [-0.25, -0.2) is 0 Å². The molecule has 35 heavy (non-hydrogen) atoms. The maximum absolute atomic E-state index is 10.8. The van der Waals surface area contributed by atoms with Gasteiger partial charge in [0.25, 0.3) is 5.89 Å². The van der Waals surface area contributed by atoms with Crippen molar-refractivity contribution in [2.45, 2.75) is 65.2 Å². The Balaban J connectivity index is 1.31. The van der Waals surface area contributed by atoms with Gasteiger partial charge in [-0.15, -0.1) is 0 Å². The number of nitrogens with zero attached hydrogens (tertiary/aromatic N) is 5. The van der Waals surface area contributed by atoms with Crippen LogP contribution >= 0.6 is 0 Å². The number of likely N-dealkylation sites (tertiary alicyclic amines) is 1. The summed E-state index contributed by atoms with van der Waals surface area (Å²) in [6.07, 6.45) is 5.42. The average molecular weight is 478 g/mol. The lowest BCUT2D eigenvalue weighted by atomic mass is 9.76. The van der Waals surface area contributed by atoms with Gasteiger partial charge < -0.3 is 14.5 Å². The molecular formula is C27H35N5O3. The van der Waals surface area contributed by atoms with Crippen molar-refractivity contribution in [2.24, 2.45) is 12.5 Å². The fraction of sp³-hybridized carbons (Fsp3) is 0.556. The minimum Gasteiger partial charge on any atom is -0.481 e. The van der Waals surface area contributed by atoms with Crippen LogP contribution in [0.3, 0.4) is 0 Å². The highest BCUT2D eigenvalue weighted by Gasteiger charge is 2.32. The van der Waals surface area contributed by atoms with Crippen molar-refractivity contribution in [3.63, 3.8) is 0 Å². The Morgan fingerprint density at radius 3 is 2.74 bits per heavy atom. The zero-order chi connectivity index (χ0) is 24.7. The summed E-state index contributed by atoms with van der Waals surface area (Å²) in [4.78, 5) is 17.8. The Kier molecular flexibility index (Phi) is 6.25. The Bertz CT molecular complexity index is 1230. The van der Waals surface area contributed by atoms with Gasteiger partial charge in [-0.1, -0.05) is 37.2 Å². The van der Waals surface area contributed by atoms with Crippen LogP contribution in [-0.4, -0.2) is 55.5 Å². The number of fused-ring (bicyclic) bond motifs is 1. The number of rotatable bonds is 6. The second-order valence-electron chi connectivity index (χ2n) is 11.0. The predicted molar refractivity (Wildman–Crippen MR) is 133 cm³/mol. The molecule has 0 saturated carbocycles. The molecule has 1 saturated heterocycles. The van der Waals surface area contributed by atoms with Crippen molar-refractivity contribution in [3.05, 3.63) is 40.6 Å². The van der Waals surface area contributed by atoms with E-state index in [9.17, 15) is 4.79 Å². The molecule has 0 bridgehead atoms. The number of benzene rings is 1. The molecule has 0 unspecified atom stereocenters. The van der Waals surface area contributed by atoms with Gasteiger partial charge in [0.05, 0.1) is 6.42 Å². The number of carboxylic acids is 1. The van der Waals surface area contributed by atoms with Crippen molar-refractivity contribution < 1.29 is 14.4 Å². The van der Waals surface area contributed by atoms with Crippen LogP contribution in [0.15, 0.2) is 22.7 Å². The summed E-state index contributed by atoms with van der Waals surface area (Å²) in [6, 6.07) is 6.53. The Morgan fingerprint density at radius 2 is 2.03 bits per heavy atom. The quantitative estimate of drug-likeness (QED) is 0.553. The molecule has 8 nitrogen and oxygen atoms in total. The van der Waals surface area contributed by atoms with Crippen LogP contribution in [0.4, 0.5) is 0 Å². The summed E-state index contributed by atoms with van der Waals surface area (Å²) in [5.74, 6) is 0.862. The van der Waals surface area contributed by atoms with E-state index in [1.165, 1.54) is 16.8 Å². The average Bonchev–Trinajstić information content (AvgIpc) is 3.42. The lowest BCUT2D eigenvalue weighted by molar-refractivity contribution is -0.137. The summed E-state index contributed by atoms with van der Waals surface area (Å²) < 4.78 is 7.68. The van der Waals surface area contributed by atoms with E-state index in [1.807, 2.05) is 11.7 Å². The molecule has 2 aliphatic rings. The van der Waals surface area contributed by atoms with Crippen LogP contribution in [-0.2, 0) is 24.7 Å². The van der Waals surface area contributed by atoms with E-state index >= 15 is 0 Å². The minimum atomic E-state index is -0.727. The van der Waals surface area contributed by atoms with E-state index < -0.39 is 5.97 Å². The highest BCUT2D eigenvalue weighted by Crippen LogP contribution is 2.39. The zero-order valence-electron chi connectivity index (χ0n) is 21.2. The molecule has 3 aromatic rings. The van der Waals surface area contributed by atoms with Crippen molar-refractivity contribution >= 4 is 5.97 Å². The number of aliphatic carboxylic acids is 1. The molecular weight excluding hydrogens is 442 g/mol. The van der Waals surface area contributed by atoms with Gasteiger partial charge in [-0.2, -0.15) is 10.1 Å². The molecule has 1 aromatic carbocycles. The fourth-order valence-electron chi connectivity index (χ4n) is 5.63. The van der Waals surface area contributed by atoms with Crippen LogP contribution < -0.4 is 0 Å². The van der Waals surface area contributed by atoms with Crippen LogP contribution in [0.2, 0.25) is 0 Å². The van der Waals surface area contributed by atoms with Crippen molar-refractivity contribution in [1.29, 1.82) is 0 Å². The van der Waals surface area contributed by atoms with Gasteiger partial charge in [-0.3, -0.25) is 9.48 Å². The first kappa shape index (κ1) is 23.7. The van der Waals surface area contributed by atoms with Crippen LogP contribution in [0.1, 0.15) is 67.8 Å². The number of aromatic nitrogens is 4. The molecule has 186 valence electrons. The summed E-state index contributed by atoms with van der Waals surface area (Å²) in [5.41, 5.74) is 7.05. The second-order valence-corrected chi connectivity index (χ2v) is 11.0. The number of hydrogen-bond donors (Lipinski definition) is 1. The second kappa shape index (κ2) is 9.22. The first-order valence-corrected chi connectivity index (χ1v) is 12.6. The molecule has 2 aromatic heterocycles. The van der Waals surface area contributed by atoms with Gasteiger partial charge >= 0.3 is 5.97 Å². The molecule has 0 spiro atoms. The highest BCUT2D eigenvalue weighted by atomic mass is 16.5. The predicted octanol–water partition coefficient (Wildman–Crippen LogP) is 4.61. The highest BCUT2D eigenvalue weighted by molar-refractivity contribution is 5.67. The van der Waals surface area contributed by atoms with E-state index in [4.69, 9.17) is 19.7 Å². The third kappa shape index (κ3) is 4.89. The SMILES string of the molecule is Cc1cc(C2CCN(CCC(=O)O)CC2)ccc1-c1noc(-c2nn(C)c3c2CCC(C)(C)C3)n1. The van der Waals surface area contributed by atoms with Gasteiger partial charge in [0, 0.05) is 30.4 Å². The first-order chi connectivity index (χ1) is 16.7. The van der Waals surface area contributed by atoms with E-state index in [1.54, 1.807) is 0 Å². The number of piperidine rings is 1.